The lowest BCUT2D eigenvalue weighted by atomic mass is 10.1. The van der Waals surface area contributed by atoms with Gasteiger partial charge in [-0.2, -0.15) is 0 Å². The second kappa shape index (κ2) is 58.6. The monoisotopic (exact) mass is 985 g/mol. The molecule has 0 bridgehead atoms. The van der Waals surface area contributed by atoms with Gasteiger partial charge in [0.1, 0.15) is 13.2 Å². The van der Waals surface area contributed by atoms with Crippen molar-refractivity contribution in [2.24, 2.45) is 0 Å². The van der Waals surface area contributed by atoms with E-state index in [1.807, 2.05) is 0 Å². The highest BCUT2D eigenvalue weighted by Crippen LogP contribution is 2.14. The van der Waals surface area contributed by atoms with Gasteiger partial charge in [0.2, 0.25) is 0 Å². The first-order valence-corrected chi connectivity index (χ1v) is 29.4. The fourth-order valence-corrected chi connectivity index (χ4v) is 7.77. The Morgan fingerprint density at radius 1 is 0.282 bits per heavy atom. The summed E-state index contributed by atoms with van der Waals surface area (Å²) in [6, 6.07) is 0. The molecular formula is C65H108O6. The molecule has 0 aliphatic heterocycles. The van der Waals surface area contributed by atoms with E-state index in [2.05, 4.69) is 130 Å². The van der Waals surface area contributed by atoms with Gasteiger partial charge in [0.25, 0.3) is 0 Å². The number of hydrogen-bond acceptors (Lipinski definition) is 6. The van der Waals surface area contributed by atoms with E-state index in [4.69, 9.17) is 14.2 Å². The van der Waals surface area contributed by atoms with E-state index in [9.17, 15) is 14.4 Å². The summed E-state index contributed by atoms with van der Waals surface area (Å²) in [7, 11) is 0. The summed E-state index contributed by atoms with van der Waals surface area (Å²) in [5.74, 6) is -0.992. The summed E-state index contributed by atoms with van der Waals surface area (Å²) >= 11 is 0. The van der Waals surface area contributed by atoms with Crippen molar-refractivity contribution in [2.75, 3.05) is 13.2 Å². The molecule has 0 radical (unpaired) electrons. The predicted octanol–water partition coefficient (Wildman–Crippen LogP) is 19.9. The van der Waals surface area contributed by atoms with Gasteiger partial charge in [-0.15, -0.1) is 0 Å². The van der Waals surface area contributed by atoms with Gasteiger partial charge < -0.3 is 14.2 Å². The van der Waals surface area contributed by atoms with E-state index >= 15 is 0 Å². The fraction of sp³-hybridized carbons (Fsp3) is 0.677. The van der Waals surface area contributed by atoms with Crippen molar-refractivity contribution in [1.82, 2.24) is 0 Å². The van der Waals surface area contributed by atoms with Gasteiger partial charge in [0, 0.05) is 19.3 Å². The van der Waals surface area contributed by atoms with Crippen LogP contribution in [0.15, 0.2) is 109 Å². The maximum Gasteiger partial charge on any atom is 0.306 e. The van der Waals surface area contributed by atoms with E-state index in [0.29, 0.717) is 19.3 Å². The summed E-state index contributed by atoms with van der Waals surface area (Å²) in [5, 5.41) is 0. The lowest BCUT2D eigenvalue weighted by Gasteiger charge is -2.18. The van der Waals surface area contributed by atoms with E-state index in [1.54, 1.807) is 0 Å². The molecule has 0 heterocycles. The molecule has 0 aliphatic carbocycles. The second-order valence-corrected chi connectivity index (χ2v) is 19.2. The van der Waals surface area contributed by atoms with Crippen LogP contribution in [0.4, 0.5) is 0 Å². The maximum absolute atomic E-state index is 12.8. The molecule has 6 nitrogen and oxygen atoms in total. The molecule has 0 unspecified atom stereocenters. The number of rotatable bonds is 52. The van der Waals surface area contributed by atoms with Gasteiger partial charge in [-0.05, 0) is 128 Å². The zero-order chi connectivity index (χ0) is 51.4. The Balaban J connectivity index is 4.52. The standard InChI is InChI=1S/C65H108O6/c1-4-7-10-13-16-19-22-25-28-31-32-35-37-40-43-46-49-52-55-58-64(67)70-61-62(71-65(68)59-56-53-50-47-44-41-38-34-30-27-24-21-18-15-12-9-6-3)60-69-63(66)57-54-51-48-45-42-39-36-33-29-26-23-20-17-14-11-8-5-2/h16-21,25-30,36,38-39,41,47,50,62H,4-15,22-24,31-35,37,40,42-46,48-49,51-61H2,1-3H3/b19-16-,20-17-,21-18-,28-25-,29-26-,30-27-,39-36-,41-38-,50-47-/t62-/m1/s1. The molecule has 0 aromatic carbocycles. The third-order valence-corrected chi connectivity index (χ3v) is 12.2. The van der Waals surface area contributed by atoms with Gasteiger partial charge in [-0.1, -0.05) is 226 Å². The molecule has 1 atom stereocenters. The first-order valence-electron chi connectivity index (χ1n) is 29.4. The van der Waals surface area contributed by atoms with E-state index in [0.717, 1.165) is 96.3 Å². The minimum atomic E-state index is -0.820. The fourth-order valence-electron chi connectivity index (χ4n) is 7.77. The van der Waals surface area contributed by atoms with E-state index in [-0.39, 0.29) is 37.5 Å². The summed E-state index contributed by atoms with van der Waals surface area (Å²) in [6.07, 6.45) is 79.3. The maximum atomic E-state index is 12.8. The van der Waals surface area contributed by atoms with Gasteiger partial charge in [-0.25, -0.2) is 0 Å². The van der Waals surface area contributed by atoms with E-state index in [1.165, 1.54) is 122 Å². The lowest BCUT2D eigenvalue weighted by molar-refractivity contribution is -0.167. The highest BCUT2D eigenvalue weighted by molar-refractivity contribution is 5.71. The van der Waals surface area contributed by atoms with Crippen LogP contribution in [-0.4, -0.2) is 37.2 Å². The van der Waals surface area contributed by atoms with Crippen molar-refractivity contribution < 1.29 is 28.6 Å². The Bertz CT molecular complexity index is 1460. The average molecular weight is 986 g/mol. The molecule has 0 rings (SSSR count). The van der Waals surface area contributed by atoms with Crippen LogP contribution in [0, 0.1) is 0 Å². The Morgan fingerprint density at radius 2 is 0.521 bits per heavy atom. The van der Waals surface area contributed by atoms with Gasteiger partial charge in [-0.3, -0.25) is 14.4 Å². The SMILES string of the molecule is CCCCC/C=C\C/C=C\C/C=C\C/C=C\CCCC(=O)O[C@H](COC(=O)CCCCCC/C=C\C/C=C\C/C=C\CCCCC)COC(=O)CCCCCCCCCCC/C=C\C/C=C\CCCCC. The van der Waals surface area contributed by atoms with Crippen molar-refractivity contribution in [1.29, 1.82) is 0 Å². The predicted molar refractivity (Wildman–Crippen MR) is 307 cm³/mol. The molecule has 71 heavy (non-hydrogen) atoms. The van der Waals surface area contributed by atoms with Crippen LogP contribution >= 0.6 is 0 Å². The second-order valence-electron chi connectivity index (χ2n) is 19.2. The number of esters is 3. The number of allylic oxidation sites excluding steroid dienone is 18. The van der Waals surface area contributed by atoms with E-state index < -0.39 is 6.10 Å². The van der Waals surface area contributed by atoms with Crippen LogP contribution in [0.2, 0.25) is 0 Å². The minimum Gasteiger partial charge on any atom is -0.462 e. The molecule has 0 amide bonds. The lowest BCUT2D eigenvalue weighted by Crippen LogP contribution is -2.30. The van der Waals surface area contributed by atoms with Gasteiger partial charge in [0.15, 0.2) is 6.10 Å². The first-order chi connectivity index (χ1) is 35.0. The third-order valence-electron chi connectivity index (χ3n) is 12.2. The van der Waals surface area contributed by atoms with Crippen molar-refractivity contribution in [3.63, 3.8) is 0 Å². The first kappa shape index (κ1) is 67.1. The topological polar surface area (TPSA) is 78.9 Å². The molecule has 0 saturated heterocycles. The Morgan fingerprint density at radius 3 is 0.831 bits per heavy atom. The zero-order valence-electron chi connectivity index (χ0n) is 46.2. The van der Waals surface area contributed by atoms with Gasteiger partial charge in [0.05, 0.1) is 0 Å². The quantitative estimate of drug-likeness (QED) is 0.0261. The zero-order valence-corrected chi connectivity index (χ0v) is 46.2. The molecule has 0 aromatic rings. The molecular weight excluding hydrogens is 877 g/mol. The summed E-state index contributed by atoms with van der Waals surface area (Å²) in [4.78, 5) is 38.2. The smallest absolute Gasteiger partial charge is 0.306 e. The van der Waals surface area contributed by atoms with Crippen molar-refractivity contribution >= 4 is 17.9 Å². The Hall–Kier alpha value is -3.93. The number of carbonyl (C=O) groups is 3. The highest BCUT2D eigenvalue weighted by atomic mass is 16.6. The highest BCUT2D eigenvalue weighted by Gasteiger charge is 2.19. The molecule has 0 spiro atoms. The molecule has 0 N–H and O–H groups in total. The van der Waals surface area contributed by atoms with Crippen LogP contribution in [0.3, 0.4) is 0 Å². The third kappa shape index (κ3) is 56.9. The largest absolute Gasteiger partial charge is 0.462 e. The average Bonchev–Trinajstić information content (AvgIpc) is 3.37. The molecule has 404 valence electrons. The van der Waals surface area contributed by atoms with Crippen LogP contribution in [-0.2, 0) is 28.6 Å². The van der Waals surface area contributed by atoms with Gasteiger partial charge >= 0.3 is 17.9 Å². The molecule has 0 saturated carbocycles. The number of ether oxygens (including phenoxy) is 3. The number of carbonyl (C=O) groups excluding carboxylic acids is 3. The van der Waals surface area contributed by atoms with Crippen molar-refractivity contribution in [3.8, 4) is 0 Å². The summed E-state index contributed by atoms with van der Waals surface area (Å²) in [6.45, 7) is 6.50. The van der Waals surface area contributed by atoms with Crippen LogP contribution in [0.25, 0.3) is 0 Å². The number of unbranched alkanes of at least 4 members (excludes halogenated alkanes) is 23. The normalized spacial score (nSPS) is 12.9. The molecule has 0 aliphatic rings. The van der Waals surface area contributed by atoms with Crippen LogP contribution in [0.1, 0.15) is 265 Å². The summed E-state index contributed by atoms with van der Waals surface area (Å²) < 4.78 is 16.8. The molecule has 6 heteroatoms. The van der Waals surface area contributed by atoms with Crippen molar-refractivity contribution in [3.05, 3.63) is 109 Å². The number of hydrogen-bond donors (Lipinski definition) is 0. The Kier molecular flexibility index (Phi) is 55.4. The molecule has 0 aromatic heterocycles. The summed E-state index contributed by atoms with van der Waals surface area (Å²) in [5.41, 5.74) is 0. The van der Waals surface area contributed by atoms with Crippen LogP contribution < -0.4 is 0 Å². The minimum absolute atomic E-state index is 0.111. The van der Waals surface area contributed by atoms with Crippen molar-refractivity contribution in [2.45, 2.75) is 271 Å². The van der Waals surface area contributed by atoms with Crippen LogP contribution in [0.5, 0.6) is 0 Å². The molecule has 0 fully saturated rings. The Labute approximate surface area is 438 Å².